The monoisotopic (exact) mass is 453 g/mol. The Kier molecular flexibility index (Phi) is 6.51. The topological polar surface area (TPSA) is 46.2 Å². The molecule has 1 saturated heterocycles. The average Bonchev–Trinajstić information content (AvgIpc) is 2.64. The van der Waals surface area contributed by atoms with Gasteiger partial charge in [-0.25, -0.2) is 4.98 Å². The Morgan fingerprint density at radius 3 is 2.81 bits per heavy atom. The lowest BCUT2D eigenvalue weighted by Crippen LogP contribution is -2.45. The van der Waals surface area contributed by atoms with Gasteiger partial charge in [0.25, 0.3) is 0 Å². The molecule has 0 saturated carbocycles. The normalized spacial score (nSPS) is 16.1. The predicted molar refractivity (Wildman–Crippen MR) is 114 cm³/mol. The highest BCUT2D eigenvalue weighted by Crippen LogP contribution is 2.35. The van der Waals surface area contributed by atoms with Crippen molar-refractivity contribution in [3.63, 3.8) is 0 Å². The summed E-state index contributed by atoms with van der Waals surface area (Å²) in [6.07, 6.45) is 3.63. The number of nitrogens with one attached hydrogen (secondary N) is 2. The van der Waals surface area contributed by atoms with Gasteiger partial charge in [0.05, 0.1) is 0 Å². The summed E-state index contributed by atoms with van der Waals surface area (Å²) in [7, 11) is 0. The first-order valence-corrected chi connectivity index (χ1v) is 10.1. The van der Waals surface area contributed by atoms with E-state index in [1.165, 1.54) is 5.56 Å². The number of hydrogen-bond donors (Lipinski definition) is 2. The number of nitrogens with zero attached hydrogens (tertiary/aromatic N) is 1. The lowest BCUT2D eigenvalue weighted by molar-refractivity contribution is 0.0515. The van der Waals surface area contributed by atoms with Crippen molar-refractivity contribution in [2.24, 2.45) is 0 Å². The smallest absolute Gasteiger partial charge is 0.171 e. The fraction of sp³-hybridized carbons (Fsp3) is 0.368. The average molecular weight is 455 g/mol. The summed E-state index contributed by atoms with van der Waals surface area (Å²) < 4.78 is 6.56. The first-order valence-electron chi connectivity index (χ1n) is 8.49. The predicted octanol–water partition coefficient (Wildman–Crippen LogP) is 4.84. The van der Waals surface area contributed by atoms with E-state index in [-0.39, 0.29) is 5.41 Å². The van der Waals surface area contributed by atoms with E-state index < -0.39 is 0 Å². The molecule has 2 aromatic rings. The number of pyridine rings is 1. The van der Waals surface area contributed by atoms with Crippen molar-refractivity contribution in [1.29, 1.82) is 0 Å². The van der Waals surface area contributed by atoms with Gasteiger partial charge in [-0.15, -0.1) is 0 Å². The minimum atomic E-state index is -0.0437. The van der Waals surface area contributed by atoms with Crippen LogP contribution in [0.2, 0.25) is 5.02 Å². The van der Waals surface area contributed by atoms with Crippen LogP contribution in [0.15, 0.2) is 41.0 Å². The highest BCUT2D eigenvalue weighted by atomic mass is 79.9. The van der Waals surface area contributed by atoms with E-state index in [9.17, 15) is 0 Å². The molecule has 1 aromatic heterocycles. The third-order valence-corrected chi connectivity index (χ3v) is 6.07. The van der Waals surface area contributed by atoms with E-state index >= 15 is 0 Å². The van der Waals surface area contributed by atoms with Gasteiger partial charge >= 0.3 is 0 Å². The maximum Gasteiger partial charge on any atom is 0.171 e. The zero-order valence-electron chi connectivity index (χ0n) is 14.5. The Morgan fingerprint density at radius 1 is 1.35 bits per heavy atom. The van der Waals surface area contributed by atoms with Crippen molar-refractivity contribution in [2.75, 3.05) is 25.1 Å². The Hall–Kier alpha value is -1.21. The second-order valence-corrected chi connectivity index (χ2v) is 8.23. The van der Waals surface area contributed by atoms with Gasteiger partial charge < -0.3 is 15.4 Å². The molecule has 26 heavy (non-hydrogen) atoms. The van der Waals surface area contributed by atoms with Gasteiger partial charge in [0.1, 0.15) is 5.82 Å². The Bertz CT molecular complexity index is 796. The van der Waals surface area contributed by atoms with Crippen LogP contribution in [-0.2, 0) is 10.2 Å². The number of halogens is 2. The van der Waals surface area contributed by atoms with Crippen molar-refractivity contribution >= 4 is 50.7 Å². The standard InChI is InChI=1S/C19H21BrClN3OS/c1-13-9-17(22-11-16(13)20)24-18(26)23-12-19(5-7-25-8-6-19)14-3-2-4-15(21)10-14/h2-4,9-11H,5-8,12H2,1H3,(H2,22,23,24,26). The highest BCUT2D eigenvalue weighted by molar-refractivity contribution is 9.10. The molecular formula is C19H21BrClN3OS. The van der Waals surface area contributed by atoms with Crippen molar-refractivity contribution < 1.29 is 4.74 Å². The first kappa shape index (κ1) is 19.5. The molecule has 0 spiro atoms. The highest BCUT2D eigenvalue weighted by Gasteiger charge is 2.34. The summed E-state index contributed by atoms with van der Waals surface area (Å²) in [5.74, 6) is 0.729. The molecule has 1 aliphatic rings. The molecule has 2 N–H and O–H groups in total. The summed E-state index contributed by atoms with van der Waals surface area (Å²) in [6, 6.07) is 10.0. The fourth-order valence-corrected chi connectivity index (χ4v) is 3.75. The van der Waals surface area contributed by atoms with E-state index in [2.05, 4.69) is 37.6 Å². The third-order valence-electron chi connectivity index (χ3n) is 4.76. The molecule has 3 rings (SSSR count). The van der Waals surface area contributed by atoms with Crippen LogP contribution in [0.3, 0.4) is 0 Å². The molecule has 1 aliphatic heterocycles. The second kappa shape index (κ2) is 8.65. The molecule has 1 fully saturated rings. The molecule has 2 heterocycles. The molecule has 0 aliphatic carbocycles. The van der Waals surface area contributed by atoms with Crippen molar-refractivity contribution in [2.45, 2.75) is 25.2 Å². The van der Waals surface area contributed by atoms with Crippen LogP contribution < -0.4 is 10.6 Å². The van der Waals surface area contributed by atoms with Gasteiger partial charge in [0.15, 0.2) is 5.11 Å². The number of aryl methyl sites for hydroxylation is 1. The Labute approximate surface area is 172 Å². The van der Waals surface area contributed by atoms with Crippen LogP contribution in [0.1, 0.15) is 24.0 Å². The van der Waals surface area contributed by atoms with Gasteiger partial charge in [-0.2, -0.15) is 0 Å². The first-order chi connectivity index (χ1) is 12.5. The van der Waals surface area contributed by atoms with Crippen molar-refractivity contribution in [3.05, 3.63) is 57.2 Å². The lowest BCUT2D eigenvalue weighted by Gasteiger charge is -2.38. The van der Waals surface area contributed by atoms with Crippen LogP contribution in [0.25, 0.3) is 0 Å². The maximum absolute atomic E-state index is 6.22. The zero-order chi connectivity index (χ0) is 18.6. The number of hydrogen-bond acceptors (Lipinski definition) is 3. The largest absolute Gasteiger partial charge is 0.381 e. The van der Waals surface area contributed by atoms with Gasteiger partial charge in [0.2, 0.25) is 0 Å². The number of thiocarbonyl (C=S) groups is 1. The van der Waals surface area contributed by atoms with E-state index in [0.29, 0.717) is 5.11 Å². The molecule has 1 aromatic carbocycles. The van der Waals surface area contributed by atoms with Gasteiger partial charge in [0, 0.05) is 40.9 Å². The van der Waals surface area contributed by atoms with E-state index in [1.54, 1.807) is 6.20 Å². The van der Waals surface area contributed by atoms with Crippen LogP contribution in [0, 0.1) is 6.92 Å². The van der Waals surface area contributed by atoms with E-state index in [4.69, 9.17) is 28.6 Å². The van der Waals surface area contributed by atoms with Crippen molar-refractivity contribution in [3.8, 4) is 0 Å². The Morgan fingerprint density at radius 2 is 2.12 bits per heavy atom. The molecule has 7 heteroatoms. The van der Waals surface area contributed by atoms with Crippen LogP contribution in [-0.4, -0.2) is 29.9 Å². The van der Waals surface area contributed by atoms with Crippen molar-refractivity contribution in [1.82, 2.24) is 10.3 Å². The number of anilines is 1. The van der Waals surface area contributed by atoms with Gasteiger partial charge in [-0.05, 0) is 77.2 Å². The van der Waals surface area contributed by atoms with Gasteiger partial charge in [-0.3, -0.25) is 0 Å². The molecular weight excluding hydrogens is 434 g/mol. The van der Waals surface area contributed by atoms with Crippen LogP contribution in [0.4, 0.5) is 5.82 Å². The lowest BCUT2D eigenvalue weighted by atomic mass is 9.74. The summed E-state index contributed by atoms with van der Waals surface area (Å²) in [6.45, 7) is 4.21. The molecule has 0 atom stereocenters. The van der Waals surface area contributed by atoms with E-state index in [1.807, 2.05) is 31.2 Å². The quantitative estimate of drug-likeness (QED) is 0.647. The maximum atomic E-state index is 6.22. The second-order valence-electron chi connectivity index (χ2n) is 6.53. The minimum absolute atomic E-state index is 0.0437. The third kappa shape index (κ3) is 4.74. The summed E-state index contributed by atoms with van der Waals surface area (Å²) >= 11 is 15.2. The molecule has 0 bridgehead atoms. The molecule has 0 radical (unpaired) electrons. The minimum Gasteiger partial charge on any atom is -0.381 e. The zero-order valence-corrected chi connectivity index (χ0v) is 17.7. The molecule has 138 valence electrons. The molecule has 0 unspecified atom stereocenters. The Balaban J connectivity index is 1.69. The fourth-order valence-electron chi connectivity index (χ4n) is 3.17. The van der Waals surface area contributed by atoms with Crippen LogP contribution in [0.5, 0.6) is 0 Å². The molecule has 4 nitrogen and oxygen atoms in total. The van der Waals surface area contributed by atoms with E-state index in [0.717, 1.165) is 53.5 Å². The number of benzene rings is 1. The number of aromatic nitrogens is 1. The summed E-state index contributed by atoms with van der Waals surface area (Å²) in [5.41, 5.74) is 2.28. The van der Waals surface area contributed by atoms with Gasteiger partial charge in [-0.1, -0.05) is 23.7 Å². The number of ether oxygens (including phenoxy) is 1. The van der Waals surface area contributed by atoms with Crippen LogP contribution >= 0.6 is 39.7 Å². The number of rotatable bonds is 4. The molecule has 0 amide bonds. The summed E-state index contributed by atoms with van der Waals surface area (Å²) in [5, 5.41) is 7.84. The summed E-state index contributed by atoms with van der Waals surface area (Å²) in [4.78, 5) is 4.34. The SMILES string of the molecule is Cc1cc(NC(=S)NCC2(c3cccc(Cl)c3)CCOCC2)ncc1Br.